The summed E-state index contributed by atoms with van der Waals surface area (Å²) >= 11 is 2.06. The van der Waals surface area contributed by atoms with E-state index in [0.717, 1.165) is 30.0 Å². The van der Waals surface area contributed by atoms with Crippen LogP contribution < -0.4 is 14.8 Å². The lowest BCUT2D eigenvalue weighted by molar-refractivity contribution is 0.346. The Morgan fingerprint density at radius 2 is 1.95 bits per heavy atom. The molecule has 2 rings (SSSR count). The van der Waals surface area contributed by atoms with Gasteiger partial charge in [0.05, 0.1) is 25.8 Å². The van der Waals surface area contributed by atoms with Crippen molar-refractivity contribution in [3.63, 3.8) is 0 Å². The second-order valence-electron chi connectivity index (χ2n) is 5.73. The Balaban J connectivity index is 2.44. The van der Waals surface area contributed by atoms with Crippen molar-refractivity contribution in [1.82, 2.24) is 5.32 Å². The van der Waals surface area contributed by atoms with E-state index in [-0.39, 0.29) is 10.8 Å². The molecule has 1 N–H and O–H groups in total. The summed E-state index contributed by atoms with van der Waals surface area (Å²) in [4.78, 5) is 0. The topological polar surface area (TPSA) is 30.5 Å². The zero-order valence-electron chi connectivity index (χ0n) is 13.6. The molecule has 0 amide bonds. The van der Waals surface area contributed by atoms with E-state index < -0.39 is 0 Å². The molecule has 1 aliphatic heterocycles. The molecule has 1 aliphatic rings. The van der Waals surface area contributed by atoms with Gasteiger partial charge in [0.15, 0.2) is 0 Å². The van der Waals surface area contributed by atoms with Crippen LogP contribution in [-0.4, -0.2) is 31.3 Å². The van der Waals surface area contributed by atoms with Crippen molar-refractivity contribution in [3.05, 3.63) is 23.8 Å². The fraction of sp³-hybridized carbons (Fsp3) is 0.647. The van der Waals surface area contributed by atoms with E-state index in [1.165, 1.54) is 18.6 Å². The third kappa shape index (κ3) is 3.49. The molecule has 0 spiro atoms. The van der Waals surface area contributed by atoms with E-state index in [0.29, 0.717) is 0 Å². The van der Waals surface area contributed by atoms with Crippen molar-refractivity contribution >= 4 is 11.8 Å². The van der Waals surface area contributed by atoms with Crippen molar-refractivity contribution in [2.24, 2.45) is 0 Å². The van der Waals surface area contributed by atoms with Crippen LogP contribution in [0.5, 0.6) is 11.5 Å². The first-order valence-corrected chi connectivity index (χ1v) is 8.73. The molecular weight excluding hydrogens is 282 g/mol. The Labute approximate surface area is 132 Å². The number of ether oxygens (including phenoxy) is 2. The van der Waals surface area contributed by atoms with Crippen LogP contribution in [0.15, 0.2) is 18.2 Å². The van der Waals surface area contributed by atoms with Crippen LogP contribution in [0.1, 0.15) is 44.7 Å². The minimum atomic E-state index is 0.192. The molecule has 4 heteroatoms. The van der Waals surface area contributed by atoms with Gasteiger partial charge in [-0.25, -0.2) is 0 Å². The van der Waals surface area contributed by atoms with Gasteiger partial charge in [-0.15, -0.1) is 0 Å². The van der Waals surface area contributed by atoms with Crippen molar-refractivity contribution in [2.45, 2.75) is 43.9 Å². The summed E-state index contributed by atoms with van der Waals surface area (Å²) in [5.41, 5.74) is 1.16. The van der Waals surface area contributed by atoms with Crippen LogP contribution in [0.3, 0.4) is 0 Å². The van der Waals surface area contributed by atoms with Crippen LogP contribution in [-0.2, 0) is 0 Å². The summed E-state index contributed by atoms with van der Waals surface area (Å²) in [5, 5.41) is 3.74. The first kappa shape index (κ1) is 16.5. The van der Waals surface area contributed by atoms with Crippen LogP contribution in [0.4, 0.5) is 0 Å². The summed E-state index contributed by atoms with van der Waals surface area (Å²) in [6, 6.07) is 6.29. The Morgan fingerprint density at radius 3 is 2.43 bits per heavy atom. The molecular formula is C17H27NO2S. The molecule has 118 valence electrons. The maximum Gasteiger partial charge on any atom is 0.127 e. The van der Waals surface area contributed by atoms with Gasteiger partial charge < -0.3 is 14.8 Å². The van der Waals surface area contributed by atoms with E-state index in [2.05, 4.69) is 30.9 Å². The molecule has 2 atom stereocenters. The third-order valence-corrected chi connectivity index (χ3v) is 5.81. The maximum atomic E-state index is 5.62. The third-order valence-electron chi connectivity index (χ3n) is 4.21. The molecule has 2 unspecified atom stereocenters. The van der Waals surface area contributed by atoms with Gasteiger partial charge in [-0.1, -0.05) is 13.0 Å². The highest BCUT2D eigenvalue weighted by Crippen LogP contribution is 2.50. The summed E-state index contributed by atoms with van der Waals surface area (Å²) < 4.78 is 11.4. The average Bonchev–Trinajstić information content (AvgIpc) is 2.95. The lowest BCUT2D eigenvalue weighted by Crippen LogP contribution is -2.38. The zero-order valence-corrected chi connectivity index (χ0v) is 14.4. The molecule has 3 nitrogen and oxygen atoms in total. The van der Waals surface area contributed by atoms with E-state index in [4.69, 9.17) is 9.47 Å². The first-order valence-electron chi connectivity index (χ1n) is 7.74. The summed E-state index contributed by atoms with van der Waals surface area (Å²) in [6.45, 7) is 5.57. The maximum absolute atomic E-state index is 5.62. The number of hydrogen-bond donors (Lipinski definition) is 1. The standard InChI is InChI=1S/C17H27NO2S/c1-5-11-18-16(17(2)10-7-12-21-17)15-13(19-3)8-6-9-14(15)20-4/h6,8-9,16,18H,5,7,10-12H2,1-4H3. The van der Waals surface area contributed by atoms with E-state index in [1.54, 1.807) is 14.2 Å². The smallest absolute Gasteiger partial charge is 0.127 e. The molecule has 0 saturated carbocycles. The van der Waals surface area contributed by atoms with Gasteiger partial charge in [0.1, 0.15) is 11.5 Å². The summed E-state index contributed by atoms with van der Waals surface area (Å²) in [5.74, 6) is 3.06. The number of rotatable bonds is 7. The molecule has 0 aliphatic carbocycles. The SMILES string of the molecule is CCCNC(c1c(OC)cccc1OC)C1(C)CCCS1. The van der Waals surface area contributed by atoms with E-state index >= 15 is 0 Å². The Hall–Kier alpha value is -0.870. The van der Waals surface area contributed by atoms with Gasteiger partial charge >= 0.3 is 0 Å². The fourth-order valence-corrected chi connectivity index (χ4v) is 4.52. The summed E-state index contributed by atoms with van der Waals surface area (Å²) in [7, 11) is 3.47. The van der Waals surface area contributed by atoms with Gasteiger partial charge in [0, 0.05) is 4.75 Å². The van der Waals surface area contributed by atoms with Crippen molar-refractivity contribution in [1.29, 1.82) is 0 Å². The Kier molecular flexibility index (Phi) is 5.82. The van der Waals surface area contributed by atoms with Gasteiger partial charge in [-0.05, 0) is 50.6 Å². The minimum absolute atomic E-state index is 0.192. The second-order valence-corrected chi connectivity index (χ2v) is 7.36. The predicted molar refractivity (Wildman–Crippen MR) is 90.7 cm³/mol. The van der Waals surface area contributed by atoms with Crippen molar-refractivity contribution in [3.8, 4) is 11.5 Å². The molecule has 21 heavy (non-hydrogen) atoms. The number of benzene rings is 1. The lowest BCUT2D eigenvalue weighted by atomic mass is 9.89. The monoisotopic (exact) mass is 309 g/mol. The molecule has 1 heterocycles. The molecule has 1 saturated heterocycles. The van der Waals surface area contributed by atoms with Gasteiger partial charge in [-0.3, -0.25) is 0 Å². The number of thioether (sulfide) groups is 1. The molecule has 0 radical (unpaired) electrons. The number of nitrogens with one attached hydrogen (secondary N) is 1. The fourth-order valence-electron chi connectivity index (χ4n) is 3.10. The molecule has 1 aromatic rings. The van der Waals surface area contributed by atoms with E-state index in [1.807, 2.05) is 18.2 Å². The van der Waals surface area contributed by atoms with E-state index in [9.17, 15) is 0 Å². The Bertz CT molecular complexity index is 436. The number of hydrogen-bond acceptors (Lipinski definition) is 4. The molecule has 0 bridgehead atoms. The van der Waals surface area contributed by atoms with Crippen molar-refractivity contribution in [2.75, 3.05) is 26.5 Å². The largest absolute Gasteiger partial charge is 0.496 e. The quantitative estimate of drug-likeness (QED) is 0.824. The van der Waals surface area contributed by atoms with Gasteiger partial charge in [-0.2, -0.15) is 11.8 Å². The second kappa shape index (κ2) is 7.41. The zero-order chi connectivity index (χ0) is 15.3. The Morgan fingerprint density at radius 1 is 1.29 bits per heavy atom. The normalized spacial score (nSPS) is 23.0. The number of methoxy groups -OCH3 is 2. The lowest BCUT2D eigenvalue weighted by Gasteiger charge is -2.36. The minimum Gasteiger partial charge on any atom is -0.496 e. The molecule has 1 aromatic carbocycles. The van der Waals surface area contributed by atoms with Crippen molar-refractivity contribution < 1.29 is 9.47 Å². The van der Waals surface area contributed by atoms with Crippen LogP contribution in [0.25, 0.3) is 0 Å². The average molecular weight is 309 g/mol. The highest BCUT2D eigenvalue weighted by molar-refractivity contribution is 8.00. The predicted octanol–water partition coefficient (Wildman–Crippen LogP) is 4.03. The van der Waals surface area contributed by atoms with Gasteiger partial charge in [0.25, 0.3) is 0 Å². The molecule has 0 aromatic heterocycles. The highest BCUT2D eigenvalue weighted by atomic mass is 32.2. The first-order chi connectivity index (χ1) is 10.2. The van der Waals surface area contributed by atoms with Crippen LogP contribution in [0, 0.1) is 0 Å². The summed E-state index contributed by atoms with van der Waals surface area (Å²) in [6.07, 6.45) is 3.62. The van der Waals surface area contributed by atoms with Crippen LogP contribution in [0.2, 0.25) is 0 Å². The van der Waals surface area contributed by atoms with Gasteiger partial charge in [0.2, 0.25) is 0 Å². The molecule has 1 fully saturated rings. The van der Waals surface area contributed by atoms with Crippen LogP contribution >= 0.6 is 11.8 Å². The highest BCUT2D eigenvalue weighted by Gasteiger charge is 2.41.